The molecule has 0 spiro atoms. The zero-order valence-corrected chi connectivity index (χ0v) is 14.9. The molecular formula is C19H21F3N2O3. The highest BCUT2D eigenvalue weighted by Crippen LogP contribution is 2.35. The number of fused-ring (bicyclic) bond motifs is 1. The fraction of sp³-hybridized carbons (Fsp3) is 0.474. The number of aromatic nitrogens is 2. The summed E-state index contributed by atoms with van der Waals surface area (Å²) in [5.41, 5.74) is -0.813. The van der Waals surface area contributed by atoms with Gasteiger partial charge in [0.15, 0.2) is 0 Å². The molecule has 27 heavy (non-hydrogen) atoms. The Morgan fingerprint density at radius 3 is 2.52 bits per heavy atom. The van der Waals surface area contributed by atoms with Gasteiger partial charge in [-0.05, 0) is 25.0 Å². The van der Waals surface area contributed by atoms with Crippen molar-refractivity contribution in [2.24, 2.45) is 0 Å². The first-order valence-electron chi connectivity index (χ1n) is 9.06. The van der Waals surface area contributed by atoms with Crippen LogP contribution in [-0.2, 0) is 10.9 Å². The van der Waals surface area contributed by atoms with E-state index in [4.69, 9.17) is 4.74 Å². The summed E-state index contributed by atoms with van der Waals surface area (Å²) in [5.74, 6) is -0.513. The van der Waals surface area contributed by atoms with Gasteiger partial charge in [0.2, 0.25) is 0 Å². The molecule has 5 nitrogen and oxygen atoms in total. The maximum absolute atomic E-state index is 12.8. The Morgan fingerprint density at radius 2 is 1.85 bits per heavy atom. The van der Waals surface area contributed by atoms with Crippen LogP contribution in [0.25, 0.3) is 5.69 Å². The van der Waals surface area contributed by atoms with E-state index in [9.17, 15) is 22.8 Å². The first-order valence-corrected chi connectivity index (χ1v) is 9.06. The number of H-pyrrole nitrogens is 1. The highest BCUT2D eigenvalue weighted by molar-refractivity contribution is 5.94. The molecule has 1 aliphatic heterocycles. The van der Waals surface area contributed by atoms with Crippen LogP contribution in [-0.4, -0.2) is 15.7 Å². The fourth-order valence-corrected chi connectivity index (χ4v) is 3.28. The largest absolute Gasteiger partial charge is 0.454 e. The second-order valence-electron chi connectivity index (χ2n) is 6.71. The van der Waals surface area contributed by atoms with E-state index in [1.54, 1.807) is 6.07 Å². The zero-order chi connectivity index (χ0) is 19.6. The number of ether oxygens (including phenoxy) is 1. The average Bonchev–Trinajstić information content (AvgIpc) is 3.15. The number of carbonyl (C=O) groups excluding carboxylic acids is 1. The summed E-state index contributed by atoms with van der Waals surface area (Å²) in [6, 6.07) is 5.05. The summed E-state index contributed by atoms with van der Waals surface area (Å²) in [5, 5.41) is 2.04. The minimum Gasteiger partial charge on any atom is -0.454 e. The van der Waals surface area contributed by atoms with Crippen LogP contribution in [0.15, 0.2) is 29.1 Å². The lowest BCUT2D eigenvalue weighted by Gasteiger charge is -2.10. The molecule has 1 atom stereocenters. The Labute approximate surface area is 154 Å². The molecule has 3 rings (SSSR count). The van der Waals surface area contributed by atoms with E-state index < -0.39 is 23.4 Å². The highest BCUT2D eigenvalue weighted by atomic mass is 19.4. The predicted octanol–water partition coefficient (Wildman–Crippen LogP) is 4.76. The predicted molar refractivity (Wildman–Crippen MR) is 92.9 cm³/mol. The summed E-state index contributed by atoms with van der Waals surface area (Å²) in [7, 11) is 0. The van der Waals surface area contributed by atoms with Gasteiger partial charge in [0.25, 0.3) is 5.56 Å². The maximum Gasteiger partial charge on any atom is 0.432 e. The van der Waals surface area contributed by atoms with Gasteiger partial charge in [0, 0.05) is 11.6 Å². The van der Waals surface area contributed by atoms with Gasteiger partial charge >= 0.3 is 12.1 Å². The molecule has 0 bridgehead atoms. The number of nitrogens with zero attached hydrogens (tertiary/aromatic N) is 1. The Hall–Kier alpha value is -2.51. The minimum absolute atomic E-state index is 0.162. The van der Waals surface area contributed by atoms with Gasteiger partial charge < -0.3 is 4.74 Å². The smallest absolute Gasteiger partial charge is 0.432 e. The van der Waals surface area contributed by atoms with E-state index in [1.807, 2.05) is 5.10 Å². The molecule has 1 aliphatic rings. The molecule has 0 aliphatic carbocycles. The lowest BCUT2D eigenvalue weighted by atomic mass is 9.99. The van der Waals surface area contributed by atoms with Crippen LogP contribution in [0, 0.1) is 0 Å². The first kappa shape index (κ1) is 19.3. The first-order chi connectivity index (χ1) is 12.8. The molecule has 1 N–H and O–H groups in total. The van der Waals surface area contributed by atoms with Gasteiger partial charge in [0.05, 0.1) is 11.3 Å². The molecule has 0 radical (unpaired) electrons. The summed E-state index contributed by atoms with van der Waals surface area (Å²) in [6.07, 6.45) is 1.19. The summed E-state index contributed by atoms with van der Waals surface area (Å²) < 4.78 is 44.5. The van der Waals surface area contributed by atoms with Crippen molar-refractivity contribution in [3.63, 3.8) is 0 Å². The topological polar surface area (TPSA) is 64.1 Å². The van der Waals surface area contributed by atoms with Crippen LogP contribution >= 0.6 is 0 Å². The van der Waals surface area contributed by atoms with Gasteiger partial charge in [-0.3, -0.25) is 9.89 Å². The van der Waals surface area contributed by atoms with Crippen LogP contribution in [0.5, 0.6) is 0 Å². The van der Waals surface area contributed by atoms with Gasteiger partial charge in [0.1, 0.15) is 11.8 Å². The van der Waals surface area contributed by atoms with Crippen molar-refractivity contribution >= 4 is 5.97 Å². The second-order valence-corrected chi connectivity index (χ2v) is 6.71. The quantitative estimate of drug-likeness (QED) is 0.555. The number of unbranched alkanes of at least 4 members (excludes halogenated alkanes) is 4. The van der Waals surface area contributed by atoms with Crippen molar-refractivity contribution < 1.29 is 22.7 Å². The standard InChI is InChI=1S/C19H21F3N2O3/c1-2-3-4-5-6-7-15-13-9-8-12(10-14(13)18(26)27-15)24-17(25)11-16(23-24)19(20,21)22/h8-11,15,23H,2-7H2,1H3. The van der Waals surface area contributed by atoms with E-state index in [0.717, 1.165) is 35.9 Å². The van der Waals surface area contributed by atoms with Crippen LogP contribution in [0.4, 0.5) is 13.2 Å². The van der Waals surface area contributed by atoms with Crippen molar-refractivity contribution in [1.29, 1.82) is 0 Å². The summed E-state index contributed by atoms with van der Waals surface area (Å²) >= 11 is 0. The number of halogens is 3. The van der Waals surface area contributed by atoms with E-state index in [1.165, 1.54) is 18.6 Å². The van der Waals surface area contributed by atoms with Gasteiger partial charge in [-0.1, -0.05) is 38.7 Å². The third-order valence-electron chi connectivity index (χ3n) is 4.71. The number of cyclic esters (lactones) is 1. The van der Waals surface area contributed by atoms with Gasteiger partial charge in [-0.2, -0.15) is 13.2 Å². The zero-order valence-electron chi connectivity index (χ0n) is 14.9. The number of aromatic amines is 1. The summed E-state index contributed by atoms with van der Waals surface area (Å²) in [4.78, 5) is 24.0. The maximum atomic E-state index is 12.8. The van der Waals surface area contributed by atoms with E-state index in [0.29, 0.717) is 18.1 Å². The molecule has 2 aromatic rings. The van der Waals surface area contributed by atoms with Crippen LogP contribution in [0.1, 0.15) is 73.2 Å². The molecule has 1 aromatic carbocycles. The second kappa shape index (κ2) is 7.62. The minimum atomic E-state index is -4.65. The van der Waals surface area contributed by atoms with Crippen LogP contribution in [0.3, 0.4) is 0 Å². The number of esters is 1. The van der Waals surface area contributed by atoms with E-state index in [-0.39, 0.29) is 11.8 Å². The molecule has 8 heteroatoms. The van der Waals surface area contributed by atoms with Crippen molar-refractivity contribution in [2.45, 2.75) is 57.7 Å². The molecule has 0 saturated heterocycles. The molecule has 0 saturated carbocycles. The summed E-state index contributed by atoms with van der Waals surface area (Å²) in [6.45, 7) is 2.14. The molecule has 1 aromatic heterocycles. The molecule has 0 fully saturated rings. The number of benzene rings is 1. The monoisotopic (exact) mass is 382 g/mol. The Morgan fingerprint density at radius 1 is 1.11 bits per heavy atom. The highest BCUT2D eigenvalue weighted by Gasteiger charge is 2.34. The van der Waals surface area contributed by atoms with Gasteiger partial charge in [-0.25, -0.2) is 9.48 Å². The number of rotatable bonds is 7. The lowest BCUT2D eigenvalue weighted by molar-refractivity contribution is -0.141. The molecule has 146 valence electrons. The Balaban J connectivity index is 1.79. The molecule has 2 heterocycles. The Kier molecular flexibility index (Phi) is 5.43. The molecular weight excluding hydrogens is 361 g/mol. The number of hydrogen-bond donors (Lipinski definition) is 1. The fourth-order valence-electron chi connectivity index (χ4n) is 3.28. The molecule has 1 unspecified atom stereocenters. The third-order valence-corrected chi connectivity index (χ3v) is 4.71. The average molecular weight is 382 g/mol. The molecule has 0 amide bonds. The Bertz CT molecular complexity index is 883. The van der Waals surface area contributed by atoms with E-state index in [2.05, 4.69) is 6.92 Å². The SMILES string of the molecule is CCCCCCCC1OC(=O)c2cc(-n3[nH]c(C(F)(F)F)cc3=O)ccc21. The number of alkyl halides is 3. The van der Waals surface area contributed by atoms with Gasteiger partial charge in [-0.15, -0.1) is 0 Å². The van der Waals surface area contributed by atoms with E-state index >= 15 is 0 Å². The van der Waals surface area contributed by atoms with Crippen LogP contribution < -0.4 is 5.56 Å². The number of nitrogens with one attached hydrogen (secondary N) is 1. The van der Waals surface area contributed by atoms with Crippen molar-refractivity contribution in [2.75, 3.05) is 0 Å². The van der Waals surface area contributed by atoms with Crippen molar-refractivity contribution in [3.05, 3.63) is 51.4 Å². The van der Waals surface area contributed by atoms with Crippen molar-refractivity contribution in [3.8, 4) is 5.69 Å². The lowest BCUT2D eigenvalue weighted by Crippen LogP contribution is -2.14. The van der Waals surface area contributed by atoms with Crippen LogP contribution in [0.2, 0.25) is 0 Å². The number of hydrogen-bond acceptors (Lipinski definition) is 3. The normalized spacial score (nSPS) is 16.4. The third kappa shape index (κ3) is 4.09. The van der Waals surface area contributed by atoms with Crippen molar-refractivity contribution in [1.82, 2.24) is 9.78 Å². The number of carbonyl (C=O) groups is 1.